The standard InChI is InChI=1S/C10H12N2OS/c13-10(8-2-1-3-11-6-8)9-7-14-5-4-12-9/h1-3,6,9,12H,4-5,7H2. The molecule has 3 nitrogen and oxygen atoms in total. The molecule has 1 aliphatic heterocycles. The van der Waals surface area contributed by atoms with Crippen molar-refractivity contribution in [2.45, 2.75) is 6.04 Å². The summed E-state index contributed by atoms with van der Waals surface area (Å²) in [5.41, 5.74) is 0.701. The van der Waals surface area contributed by atoms with E-state index >= 15 is 0 Å². The van der Waals surface area contributed by atoms with Gasteiger partial charge in [0.2, 0.25) is 0 Å². The van der Waals surface area contributed by atoms with Crippen molar-refractivity contribution in [3.05, 3.63) is 30.1 Å². The van der Waals surface area contributed by atoms with Crippen molar-refractivity contribution < 1.29 is 4.79 Å². The van der Waals surface area contributed by atoms with Crippen molar-refractivity contribution in [3.63, 3.8) is 0 Å². The predicted octanol–water partition coefficient (Wildman–Crippen LogP) is 0.969. The summed E-state index contributed by atoms with van der Waals surface area (Å²) in [6.07, 6.45) is 3.31. The van der Waals surface area contributed by atoms with Gasteiger partial charge in [0, 0.05) is 36.0 Å². The van der Waals surface area contributed by atoms with Crippen LogP contribution in [0.25, 0.3) is 0 Å². The maximum atomic E-state index is 11.9. The molecule has 2 heterocycles. The fraction of sp³-hybridized carbons (Fsp3) is 0.400. The summed E-state index contributed by atoms with van der Waals surface area (Å²) in [7, 11) is 0. The Hall–Kier alpha value is -0.870. The number of nitrogens with zero attached hydrogens (tertiary/aromatic N) is 1. The van der Waals surface area contributed by atoms with Gasteiger partial charge >= 0.3 is 0 Å². The summed E-state index contributed by atoms with van der Waals surface area (Å²) in [6, 6.07) is 3.58. The minimum absolute atomic E-state index is 0.0297. The third-order valence-corrected chi connectivity index (χ3v) is 3.25. The molecular formula is C10H12N2OS. The zero-order valence-electron chi connectivity index (χ0n) is 7.77. The van der Waals surface area contributed by atoms with Gasteiger partial charge in [-0.3, -0.25) is 9.78 Å². The normalized spacial score (nSPS) is 21.9. The van der Waals surface area contributed by atoms with E-state index in [1.807, 2.05) is 17.8 Å². The minimum atomic E-state index is -0.0297. The van der Waals surface area contributed by atoms with Gasteiger partial charge in [-0.1, -0.05) is 0 Å². The Labute approximate surface area is 87.3 Å². The second-order valence-electron chi connectivity index (χ2n) is 3.19. The number of aromatic nitrogens is 1. The minimum Gasteiger partial charge on any atom is -0.306 e. The van der Waals surface area contributed by atoms with Gasteiger partial charge in [-0.25, -0.2) is 0 Å². The lowest BCUT2D eigenvalue weighted by Crippen LogP contribution is -2.43. The van der Waals surface area contributed by atoms with Crippen LogP contribution in [-0.4, -0.2) is 34.9 Å². The summed E-state index contributed by atoms with van der Waals surface area (Å²) >= 11 is 1.82. The van der Waals surface area contributed by atoms with Crippen molar-refractivity contribution in [3.8, 4) is 0 Å². The van der Waals surface area contributed by atoms with Crippen molar-refractivity contribution in [2.24, 2.45) is 0 Å². The first-order valence-corrected chi connectivity index (χ1v) is 5.79. The van der Waals surface area contributed by atoms with Crippen LogP contribution in [0.15, 0.2) is 24.5 Å². The summed E-state index contributed by atoms with van der Waals surface area (Å²) < 4.78 is 0. The van der Waals surface area contributed by atoms with Gasteiger partial charge in [-0.2, -0.15) is 11.8 Å². The van der Waals surface area contributed by atoms with Gasteiger partial charge < -0.3 is 5.32 Å². The van der Waals surface area contributed by atoms with Crippen LogP contribution in [0.5, 0.6) is 0 Å². The summed E-state index contributed by atoms with van der Waals surface area (Å²) in [5, 5.41) is 3.22. The van der Waals surface area contributed by atoms with Crippen LogP contribution in [0, 0.1) is 0 Å². The molecule has 0 aromatic carbocycles. The Morgan fingerprint density at radius 2 is 2.57 bits per heavy atom. The van der Waals surface area contributed by atoms with Crippen LogP contribution in [0.4, 0.5) is 0 Å². The smallest absolute Gasteiger partial charge is 0.182 e. The molecule has 74 valence electrons. The first-order valence-electron chi connectivity index (χ1n) is 4.63. The Bertz CT molecular complexity index is 309. The van der Waals surface area contributed by atoms with Gasteiger partial charge in [0.05, 0.1) is 6.04 Å². The molecule has 1 aromatic rings. The molecule has 0 bridgehead atoms. The van der Waals surface area contributed by atoms with Crippen LogP contribution < -0.4 is 5.32 Å². The van der Waals surface area contributed by atoms with E-state index in [-0.39, 0.29) is 11.8 Å². The predicted molar refractivity (Wildman–Crippen MR) is 57.7 cm³/mol. The van der Waals surface area contributed by atoms with Gasteiger partial charge in [-0.05, 0) is 12.1 Å². The number of ketones is 1. The molecule has 2 rings (SSSR count). The fourth-order valence-electron chi connectivity index (χ4n) is 1.44. The zero-order chi connectivity index (χ0) is 9.80. The molecule has 0 amide bonds. The average Bonchev–Trinajstić information content (AvgIpc) is 2.30. The molecule has 1 aromatic heterocycles. The fourth-order valence-corrected chi connectivity index (χ4v) is 2.38. The Balaban J connectivity index is 2.07. The number of pyridine rings is 1. The topological polar surface area (TPSA) is 42.0 Å². The molecule has 1 N–H and O–H groups in total. The van der Waals surface area contributed by atoms with Crippen LogP contribution >= 0.6 is 11.8 Å². The Morgan fingerprint density at radius 3 is 3.21 bits per heavy atom. The third-order valence-electron chi connectivity index (χ3n) is 2.18. The van der Waals surface area contributed by atoms with E-state index in [1.54, 1.807) is 18.5 Å². The van der Waals surface area contributed by atoms with Crippen molar-refractivity contribution in [2.75, 3.05) is 18.1 Å². The van der Waals surface area contributed by atoms with Gasteiger partial charge in [-0.15, -0.1) is 0 Å². The van der Waals surface area contributed by atoms with Crippen LogP contribution in [0.3, 0.4) is 0 Å². The number of carbonyl (C=O) groups excluding carboxylic acids is 1. The Kier molecular flexibility index (Phi) is 3.16. The molecule has 1 aliphatic rings. The number of carbonyl (C=O) groups is 1. The number of hydrogen-bond donors (Lipinski definition) is 1. The third kappa shape index (κ3) is 2.13. The van der Waals surface area contributed by atoms with Crippen molar-refractivity contribution in [1.82, 2.24) is 10.3 Å². The second kappa shape index (κ2) is 4.57. The first-order chi connectivity index (χ1) is 6.88. The molecule has 0 spiro atoms. The van der Waals surface area contributed by atoms with Crippen molar-refractivity contribution >= 4 is 17.5 Å². The summed E-state index contributed by atoms with van der Waals surface area (Å²) in [5.74, 6) is 2.12. The van der Waals surface area contributed by atoms with Gasteiger partial charge in [0.1, 0.15) is 0 Å². The van der Waals surface area contributed by atoms with E-state index in [0.29, 0.717) is 5.56 Å². The van der Waals surface area contributed by atoms with E-state index in [9.17, 15) is 4.79 Å². The molecule has 1 unspecified atom stereocenters. The Morgan fingerprint density at radius 1 is 1.64 bits per heavy atom. The molecule has 0 aliphatic carbocycles. The molecular weight excluding hydrogens is 196 g/mol. The largest absolute Gasteiger partial charge is 0.306 e. The second-order valence-corrected chi connectivity index (χ2v) is 4.34. The SMILES string of the molecule is O=C(c1cccnc1)C1CSCCN1. The lowest BCUT2D eigenvalue weighted by Gasteiger charge is -2.21. The van der Waals surface area contributed by atoms with E-state index < -0.39 is 0 Å². The van der Waals surface area contributed by atoms with E-state index in [2.05, 4.69) is 10.3 Å². The quantitative estimate of drug-likeness (QED) is 0.735. The lowest BCUT2D eigenvalue weighted by molar-refractivity contribution is 0.0952. The highest BCUT2D eigenvalue weighted by Gasteiger charge is 2.21. The number of hydrogen-bond acceptors (Lipinski definition) is 4. The highest BCUT2D eigenvalue weighted by atomic mass is 32.2. The highest BCUT2D eigenvalue weighted by Crippen LogP contribution is 2.11. The highest BCUT2D eigenvalue weighted by molar-refractivity contribution is 7.99. The average molecular weight is 208 g/mol. The van der Waals surface area contributed by atoms with Gasteiger partial charge in [0.25, 0.3) is 0 Å². The number of nitrogens with one attached hydrogen (secondary N) is 1. The van der Waals surface area contributed by atoms with Gasteiger partial charge in [0.15, 0.2) is 5.78 Å². The molecule has 1 fully saturated rings. The van der Waals surface area contributed by atoms with E-state index in [1.165, 1.54) is 0 Å². The number of rotatable bonds is 2. The van der Waals surface area contributed by atoms with E-state index in [4.69, 9.17) is 0 Å². The molecule has 0 saturated carbocycles. The summed E-state index contributed by atoms with van der Waals surface area (Å²) in [6.45, 7) is 0.918. The molecule has 0 radical (unpaired) electrons. The van der Waals surface area contributed by atoms with Crippen LogP contribution in [0.2, 0.25) is 0 Å². The molecule has 14 heavy (non-hydrogen) atoms. The number of thioether (sulfide) groups is 1. The summed E-state index contributed by atoms with van der Waals surface area (Å²) in [4.78, 5) is 15.8. The van der Waals surface area contributed by atoms with Crippen LogP contribution in [0.1, 0.15) is 10.4 Å². The monoisotopic (exact) mass is 208 g/mol. The molecule has 1 atom stereocenters. The number of Topliss-reactive ketones (excluding diaryl/α,β-unsaturated/α-hetero) is 1. The van der Waals surface area contributed by atoms with E-state index in [0.717, 1.165) is 18.1 Å². The zero-order valence-corrected chi connectivity index (χ0v) is 8.59. The molecule has 1 saturated heterocycles. The lowest BCUT2D eigenvalue weighted by atomic mass is 10.1. The van der Waals surface area contributed by atoms with Crippen molar-refractivity contribution in [1.29, 1.82) is 0 Å². The maximum Gasteiger partial charge on any atom is 0.182 e. The maximum absolute atomic E-state index is 11.9. The first kappa shape index (κ1) is 9.68. The van der Waals surface area contributed by atoms with Crippen LogP contribution in [-0.2, 0) is 0 Å². The molecule has 4 heteroatoms.